The highest BCUT2D eigenvalue weighted by molar-refractivity contribution is 5.86. The maximum atomic E-state index is 12.0. The summed E-state index contributed by atoms with van der Waals surface area (Å²) < 4.78 is 18.0. The fraction of sp³-hybridized carbons (Fsp3) is 0.435. The van der Waals surface area contributed by atoms with Crippen LogP contribution in [0.1, 0.15) is 36.0 Å². The number of piperazine rings is 1. The molecule has 9 heteroatoms. The maximum absolute atomic E-state index is 12.0. The van der Waals surface area contributed by atoms with Crippen LogP contribution in [0.4, 0.5) is 4.79 Å². The molecule has 1 aliphatic heterocycles. The molecular weight excluding hydrogens is 412 g/mol. The Balaban J connectivity index is 1.50. The lowest BCUT2D eigenvalue weighted by Gasteiger charge is -2.33. The van der Waals surface area contributed by atoms with Crippen molar-refractivity contribution >= 4 is 23.1 Å². The van der Waals surface area contributed by atoms with E-state index in [4.69, 9.17) is 18.9 Å². The first-order valence-electron chi connectivity index (χ1n) is 10.9. The number of carbonyl (C=O) groups excluding carboxylic acids is 2. The van der Waals surface area contributed by atoms with Gasteiger partial charge in [0.15, 0.2) is 0 Å². The monoisotopic (exact) mass is 440 g/mol. The second-order valence-electron chi connectivity index (χ2n) is 7.55. The Bertz CT molecular complexity index is 1080. The van der Waals surface area contributed by atoms with E-state index in [0.717, 1.165) is 29.9 Å². The Kier molecular flexibility index (Phi) is 6.75. The lowest BCUT2D eigenvalue weighted by Crippen LogP contribution is -2.48. The molecule has 0 saturated carbocycles. The summed E-state index contributed by atoms with van der Waals surface area (Å²) in [7, 11) is 0. The number of hydrogen-bond acceptors (Lipinski definition) is 7. The maximum Gasteiger partial charge on any atom is 0.409 e. The highest BCUT2D eigenvalue weighted by Crippen LogP contribution is 2.21. The van der Waals surface area contributed by atoms with E-state index in [1.54, 1.807) is 24.0 Å². The van der Waals surface area contributed by atoms with Gasteiger partial charge in [-0.05, 0) is 38.1 Å². The van der Waals surface area contributed by atoms with Crippen molar-refractivity contribution in [2.45, 2.75) is 26.9 Å². The molecule has 0 unspecified atom stereocenters. The smallest absolute Gasteiger partial charge is 0.409 e. The summed E-state index contributed by atoms with van der Waals surface area (Å²) >= 11 is 0. The Morgan fingerprint density at radius 2 is 1.72 bits per heavy atom. The zero-order valence-corrected chi connectivity index (χ0v) is 18.5. The van der Waals surface area contributed by atoms with Gasteiger partial charge in [-0.25, -0.2) is 14.6 Å². The number of benzene rings is 1. The lowest BCUT2D eigenvalue weighted by molar-refractivity contribution is 0.0488. The van der Waals surface area contributed by atoms with Crippen LogP contribution in [0.3, 0.4) is 0 Å². The molecule has 1 aromatic carbocycles. The van der Waals surface area contributed by atoms with E-state index in [1.807, 2.05) is 31.2 Å². The standard InChI is InChI=1S/C23H28N4O5/c1-3-30-22(28)20-10-9-17(32-20)15-27-19-8-6-5-7-18(19)24-21(27)16-25-11-13-26(14-12-25)23(29)31-4-2/h5-10H,3-4,11-16H2,1-2H3. The van der Waals surface area contributed by atoms with Gasteiger partial charge in [-0.2, -0.15) is 0 Å². The summed E-state index contributed by atoms with van der Waals surface area (Å²) in [5, 5.41) is 0. The van der Waals surface area contributed by atoms with Gasteiger partial charge in [-0.15, -0.1) is 0 Å². The molecule has 3 heterocycles. The number of para-hydroxylation sites is 2. The summed E-state index contributed by atoms with van der Waals surface area (Å²) in [6.45, 7) is 8.11. The SMILES string of the molecule is CCOC(=O)c1ccc(Cn2c(CN3CCN(C(=O)OCC)CC3)nc3ccccc32)o1. The predicted octanol–water partition coefficient (Wildman–Crippen LogP) is 3.13. The number of ether oxygens (including phenoxy) is 2. The normalized spacial score (nSPS) is 14.6. The molecule has 170 valence electrons. The molecule has 0 radical (unpaired) electrons. The number of imidazole rings is 1. The lowest BCUT2D eigenvalue weighted by atomic mass is 10.3. The van der Waals surface area contributed by atoms with Crippen LogP contribution < -0.4 is 0 Å². The number of carbonyl (C=O) groups is 2. The van der Waals surface area contributed by atoms with Crippen LogP contribution in [-0.2, 0) is 22.6 Å². The Labute approximate surface area is 186 Å². The topological polar surface area (TPSA) is 90.0 Å². The number of amides is 1. The average Bonchev–Trinajstić information content (AvgIpc) is 3.40. The number of esters is 1. The Morgan fingerprint density at radius 3 is 2.47 bits per heavy atom. The van der Waals surface area contributed by atoms with Gasteiger partial charge >= 0.3 is 12.1 Å². The highest BCUT2D eigenvalue weighted by atomic mass is 16.6. The molecule has 0 spiro atoms. The summed E-state index contributed by atoms with van der Waals surface area (Å²) in [5.41, 5.74) is 1.91. The molecular formula is C23H28N4O5. The molecule has 0 bridgehead atoms. The molecule has 4 rings (SSSR count). The van der Waals surface area contributed by atoms with Gasteiger partial charge in [-0.3, -0.25) is 4.90 Å². The summed E-state index contributed by atoms with van der Waals surface area (Å²) in [4.78, 5) is 32.8. The molecule has 0 aliphatic carbocycles. The molecule has 32 heavy (non-hydrogen) atoms. The van der Waals surface area contributed by atoms with Crippen LogP contribution in [0, 0.1) is 0 Å². The van der Waals surface area contributed by atoms with Gasteiger partial charge in [0, 0.05) is 26.2 Å². The minimum atomic E-state index is -0.464. The third kappa shape index (κ3) is 4.77. The van der Waals surface area contributed by atoms with Crippen molar-refractivity contribution in [2.75, 3.05) is 39.4 Å². The molecule has 2 aromatic heterocycles. The van der Waals surface area contributed by atoms with Crippen molar-refractivity contribution in [3.63, 3.8) is 0 Å². The first-order valence-corrected chi connectivity index (χ1v) is 10.9. The van der Waals surface area contributed by atoms with Crippen molar-refractivity contribution < 1.29 is 23.5 Å². The summed E-state index contributed by atoms with van der Waals surface area (Å²) in [6.07, 6.45) is -0.255. The Morgan fingerprint density at radius 1 is 0.969 bits per heavy atom. The second-order valence-corrected chi connectivity index (χ2v) is 7.55. The Hall–Kier alpha value is -3.33. The molecule has 0 atom stereocenters. The van der Waals surface area contributed by atoms with E-state index >= 15 is 0 Å². The van der Waals surface area contributed by atoms with Crippen LogP contribution in [-0.4, -0.2) is 70.8 Å². The van der Waals surface area contributed by atoms with Gasteiger partial charge in [0.25, 0.3) is 0 Å². The van der Waals surface area contributed by atoms with E-state index in [-0.39, 0.29) is 11.9 Å². The van der Waals surface area contributed by atoms with Crippen LogP contribution in [0.5, 0.6) is 0 Å². The first-order chi connectivity index (χ1) is 15.6. The largest absolute Gasteiger partial charge is 0.460 e. The zero-order valence-electron chi connectivity index (χ0n) is 18.5. The molecule has 0 N–H and O–H groups in total. The van der Waals surface area contributed by atoms with Crippen molar-refractivity contribution in [2.24, 2.45) is 0 Å². The molecule has 1 fully saturated rings. The molecule has 1 saturated heterocycles. The number of aromatic nitrogens is 2. The van der Waals surface area contributed by atoms with Crippen LogP contribution in [0.2, 0.25) is 0 Å². The van der Waals surface area contributed by atoms with Crippen molar-refractivity contribution in [1.82, 2.24) is 19.4 Å². The van der Waals surface area contributed by atoms with Crippen molar-refractivity contribution in [3.8, 4) is 0 Å². The third-order valence-electron chi connectivity index (χ3n) is 5.45. The van der Waals surface area contributed by atoms with E-state index < -0.39 is 5.97 Å². The van der Waals surface area contributed by atoms with Gasteiger partial charge in [0.05, 0.1) is 37.3 Å². The summed E-state index contributed by atoms with van der Waals surface area (Å²) in [5.74, 6) is 1.30. The quantitative estimate of drug-likeness (QED) is 0.522. The van der Waals surface area contributed by atoms with Gasteiger partial charge in [0.2, 0.25) is 5.76 Å². The van der Waals surface area contributed by atoms with Crippen LogP contribution in [0.25, 0.3) is 11.0 Å². The predicted molar refractivity (Wildman–Crippen MR) is 117 cm³/mol. The third-order valence-corrected chi connectivity index (χ3v) is 5.45. The minimum Gasteiger partial charge on any atom is -0.460 e. The highest BCUT2D eigenvalue weighted by Gasteiger charge is 2.24. The number of fused-ring (bicyclic) bond motifs is 1. The van der Waals surface area contributed by atoms with E-state index in [1.165, 1.54) is 0 Å². The van der Waals surface area contributed by atoms with Gasteiger partial charge in [0.1, 0.15) is 11.6 Å². The number of hydrogen-bond donors (Lipinski definition) is 0. The number of rotatable bonds is 7. The van der Waals surface area contributed by atoms with Crippen molar-refractivity contribution in [1.29, 1.82) is 0 Å². The molecule has 1 aliphatic rings. The van der Waals surface area contributed by atoms with E-state index in [2.05, 4.69) is 9.47 Å². The zero-order chi connectivity index (χ0) is 22.5. The van der Waals surface area contributed by atoms with Crippen LogP contribution >= 0.6 is 0 Å². The molecule has 1 amide bonds. The average molecular weight is 441 g/mol. The number of furan rings is 1. The van der Waals surface area contributed by atoms with E-state index in [9.17, 15) is 9.59 Å². The molecule has 9 nitrogen and oxygen atoms in total. The number of nitrogens with zero attached hydrogens (tertiary/aromatic N) is 4. The van der Waals surface area contributed by atoms with Crippen LogP contribution in [0.15, 0.2) is 40.8 Å². The van der Waals surface area contributed by atoms with Crippen molar-refractivity contribution in [3.05, 3.63) is 53.7 Å². The second kappa shape index (κ2) is 9.86. The van der Waals surface area contributed by atoms with E-state index in [0.29, 0.717) is 45.2 Å². The van der Waals surface area contributed by atoms with Gasteiger partial charge < -0.3 is 23.4 Å². The molecule has 3 aromatic rings. The summed E-state index contributed by atoms with van der Waals surface area (Å²) in [6, 6.07) is 11.4. The first kappa shape index (κ1) is 21.9. The minimum absolute atomic E-state index is 0.197. The fourth-order valence-corrected chi connectivity index (χ4v) is 3.86. The fourth-order valence-electron chi connectivity index (χ4n) is 3.86. The van der Waals surface area contributed by atoms with Gasteiger partial charge in [-0.1, -0.05) is 12.1 Å².